The minimum Gasteiger partial charge on any atom is -0.376 e. The van der Waals surface area contributed by atoms with E-state index in [0.29, 0.717) is 18.8 Å². The molecule has 0 bridgehead atoms. The molecule has 0 spiro atoms. The van der Waals surface area contributed by atoms with E-state index in [1.54, 1.807) is 4.90 Å². The number of hydrogen-bond donors (Lipinski definition) is 1. The normalized spacial score (nSPS) is 14.2. The Kier molecular flexibility index (Phi) is 5.31. The SMILES string of the molecule is O=C(CNc1ccc(F)c([N+](=O)[O-])c1)N1CCN(c2ccccc2)CC1. The lowest BCUT2D eigenvalue weighted by atomic mass is 10.2. The van der Waals surface area contributed by atoms with Crippen LogP contribution in [0, 0.1) is 15.9 Å². The number of carbonyl (C=O) groups is 1. The number of amides is 1. The molecule has 1 saturated heterocycles. The van der Waals surface area contributed by atoms with Crippen molar-refractivity contribution in [2.75, 3.05) is 42.9 Å². The monoisotopic (exact) mass is 358 g/mol. The third-order valence-electron chi connectivity index (χ3n) is 4.34. The minimum absolute atomic E-state index is 0.00806. The second-order valence-electron chi connectivity index (χ2n) is 5.98. The van der Waals surface area contributed by atoms with Crippen molar-refractivity contribution in [3.63, 3.8) is 0 Å². The fourth-order valence-electron chi connectivity index (χ4n) is 2.90. The number of halogens is 1. The van der Waals surface area contributed by atoms with Gasteiger partial charge in [0.15, 0.2) is 0 Å². The molecular formula is C18H19FN4O3. The van der Waals surface area contributed by atoms with Gasteiger partial charge in [-0.25, -0.2) is 0 Å². The minimum atomic E-state index is -0.899. The molecule has 0 aromatic heterocycles. The molecule has 1 aliphatic heterocycles. The Balaban J connectivity index is 1.52. The number of carbonyl (C=O) groups excluding carboxylic acids is 1. The molecule has 26 heavy (non-hydrogen) atoms. The first-order valence-electron chi connectivity index (χ1n) is 8.30. The molecule has 2 aromatic rings. The fraction of sp³-hybridized carbons (Fsp3) is 0.278. The number of anilines is 2. The molecule has 7 nitrogen and oxygen atoms in total. The number of nitro benzene ring substituents is 1. The van der Waals surface area contributed by atoms with Gasteiger partial charge in [0, 0.05) is 43.6 Å². The summed E-state index contributed by atoms with van der Waals surface area (Å²) in [6.45, 7) is 2.72. The molecule has 1 aliphatic rings. The summed E-state index contributed by atoms with van der Waals surface area (Å²) in [5.41, 5.74) is 0.865. The first-order chi connectivity index (χ1) is 12.5. The summed E-state index contributed by atoms with van der Waals surface area (Å²) in [6.07, 6.45) is 0. The lowest BCUT2D eigenvalue weighted by Crippen LogP contribution is -2.50. The van der Waals surface area contributed by atoms with Crippen LogP contribution in [-0.4, -0.2) is 48.5 Å². The number of hydrogen-bond acceptors (Lipinski definition) is 5. The lowest BCUT2D eigenvalue weighted by molar-refractivity contribution is -0.387. The number of piperazine rings is 1. The van der Waals surface area contributed by atoms with Crippen LogP contribution in [-0.2, 0) is 4.79 Å². The maximum Gasteiger partial charge on any atom is 0.306 e. The van der Waals surface area contributed by atoms with Crippen molar-refractivity contribution >= 4 is 23.0 Å². The fourth-order valence-corrected chi connectivity index (χ4v) is 2.90. The van der Waals surface area contributed by atoms with E-state index < -0.39 is 16.4 Å². The lowest BCUT2D eigenvalue weighted by Gasteiger charge is -2.36. The van der Waals surface area contributed by atoms with Crippen LogP contribution in [0.5, 0.6) is 0 Å². The Labute approximate surface area is 150 Å². The van der Waals surface area contributed by atoms with E-state index in [4.69, 9.17) is 0 Å². The van der Waals surface area contributed by atoms with E-state index in [2.05, 4.69) is 10.2 Å². The molecule has 0 atom stereocenters. The van der Waals surface area contributed by atoms with E-state index in [1.807, 2.05) is 30.3 Å². The van der Waals surface area contributed by atoms with Gasteiger partial charge in [0.25, 0.3) is 0 Å². The highest BCUT2D eigenvalue weighted by atomic mass is 19.1. The Morgan fingerprint density at radius 2 is 1.81 bits per heavy atom. The van der Waals surface area contributed by atoms with Crippen LogP contribution in [0.2, 0.25) is 0 Å². The predicted molar refractivity (Wildman–Crippen MR) is 96.8 cm³/mol. The molecule has 0 saturated carbocycles. The van der Waals surface area contributed by atoms with Gasteiger partial charge in [-0.05, 0) is 24.3 Å². The van der Waals surface area contributed by atoms with Crippen molar-refractivity contribution in [1.82, 2.24) is 4.90 Å². The number of nitro groups is 1. The summed E-state index contributed by atoms with van der Waals surface area (Å²) in [7, 11) is 0. The van der Waals surface area contributed by atoms with Crippen molar-refractivity contribution < 1.29 is 14.1 Å². The van der Waals surface area contributed by atoms with Crippen LogP contribution in [0.3, 0.4) is 0 Å². The highest BCUT2D eigenvalue weighted by molar-refractivity contribution is 5.81. The molecule has 1 fully saturated rings. The van der Waals surface area contributed by atoms with E-state index >= 15 is 0 Å². The van der Waals surface area contributed by atoms with Crippen LogP contribution in [0.4, 0.5) is 21.5 Å². The molecule has 3 rings (SSSR count). The van der Waals surface area contributed by atoms with Crippen LogP contribution >= 0.6 is 0 Å². The summed E-state index contributed by atoms with van der Waals surface area (Å²) in [6, 6.07) is 13.5. The summed E-state index contributed by atoms with van der Waals surface area (Å²) < 4.78 is 13.3. The zero-order chi connectivity index (χ0) is 18.5. The number of nitrogens with zero attached hydrogens (tertiary/aromatic N) is 3. The van der Waals surface area contributed by atoms with Crippen molar-refractivity contribution in [3.8, 4) is 0 Å². The van der Waals surface area contributed by atoms with Crippen LogP contribution in [0.15, 0.2) is 48.5 Å². The van der Waals surface area contributed by atoms with E-state index in [-0.39, 0.29) is 12.5 Å². The average Bonchev–Trinajstić information content (AvgIpc) is 2.67. The zero-order valence-corrected chi connectivity index (χ0v) is 14.1. The molecule has 0 aliphatic carbocycles. The molecular weight excluding hydrogens is 339 g/mol. The molecule has 0 radical (unpaired) electrons. The zero-order valence-electron chi connectivity index (χ0n) is 14.1. The summed E-state index contributed by atoms with van der Waals surface area (Å²) >= 11 is 0. The van der Waals surface area contributed by atoms with Crippen molar-refractivity contribution in [2.24, 2.45) is 0 Å². The van der Waals surface area contributed by atoms with Gasteiger partial charge in [-0.15, -0.1) is 0 Å². The highest BCUT2D eigenvalue weighted by Gasteiger charge is 2.21. The van der Waals surface area contributed by atoms with Gasteiger partial charge >= 0.3 is 5.69 Å². The molecule has 1 heterocycles. The van der Waals surface area contributed by atoms with Gasteiger partial charge in [0.05, 0.1) is 11.5 Å². The number of rotatable bonds is 5. The maximum absolute atomic E-state index is 13.3. The smallest absolute Gasteiger partial charge is 0.306 e. The van der Waals surface area contributed by atoms with Gasteiger partial charge in [0.1, 0.15) is 0 Å². The Bertz CT molecular complexity index is 792. The van der Waals surface area contributed by atoms with Gasteiger partial charge in [-0.2, -0.15) is 4.39 Å². The summed E-state index contributed by atoms with van der Waals surface area (Å²) in [4.78, 5) is 26.3. The Hall–Kier alpha value is -3.16. The first kappa shape index (κ1) is 17.7. The van der Waals surface area contributed by atoms with Crippen molar-refractivity contribution in [1.29, 1.82) is 0 Å². The second kappa shape index (κ2) is 7.81. The molecule has 2 aromatic carbocycles. The van der Waals surface area contributed by atoms with Gasteiger partial charge in [-0.3, -0.25) is 14.9 Å². The van der Waals surface area contributed by atoms with E-state index in [1.165, 1.54) is 6.07 Å². The van der Waals surface area contributed by atoms with Crippen LogP contribution < -0.4 is 10.2 Å². The molecule has 0 unspecified atom stereocenters. The molecule has 136 valence electrons. The van der Waals surface area contributed by atoms with Crippen LogP contribution in [0.25, 0.3) is 0 Å². The Morgan fingerprint density at radius 3 is 2.46 bits per heavy atom. The number of benzene rings is 2. The predicted octanol–water partition coefficient (Wildman–Crippen LogP) is 2.49. The summed E-state index contributed by atoms with van der Waals surface area (Å²) in [5.74, 6) is -0.992. The quantitative estimate of drug-likeness (QED) is 0.656. The maximum atomic E-state index is 13.3. The number of para-hydroxylation sites is 1. The third-order valence-corrected chi connectivity index (χ3v) is 4.34. The Morgan fingerprint density at radius 1 is 1.12 bits per heavy atom. The largest absolute Gasteiger partial charge is 0.376 e. The van der Waals surface area contributed by atoms with E-state index in [9.17, 15) is 19.3 Å². The first-order valence-corrected chi connectivity index (χ1v) is 8.30. The highest BCUT2D eigenvalue weighted by Crippen LogP contribution is 2.21. The molecule has 1 N–H and O–H groups in total. The van der Waals surface area contributed by atoms with Crippen LogP contribution in [0.1, 0.15) is 0 Å². The van der Waals surface area contributed by atoms with Gasteiger partial charge in [0.2, 0.25) is 11.7 Å². The van der Waals surface area contributed by atoms with Gasteiger partial charge < -0.3 is 15.1 Å². The second-order valence-corrected chi connectivity index (χ2v) is 5.98. The topological polar surface area (TPSA) is 78.7 Å². The standard InChI is InChI=1S/C18H19FN4O3/c19-16-7-6-14(12-17(16)23(25)26)20-13-18(24)22-10-8-21(9-11-22)15-4-2-1-3-5-15/h1-7,12,20H,8-11,13H2. The van der Waals surface area contributed by atoms with Crippen molar-refractivity contribution in [2.45, 2.75) is 0 Å². The molecule has 8 heteroatoms. The third kappa shape index (κ3) is 4.08. The average molecular weight is 358 g/mol. The summed E-state index contributed by atoms with van der Waals surface area (Å²) in [5, 5.41) is 13.6. The number of nitrogens with one attached hydrogen (secondary N) is 1. The van der Waals surface area contributed by atoms with E-state index in [0.717, 1.165) is 30.9 Å². The molecule has 1 amide bonds. The van der Waals surface area contributed by atoms with Gasteiger partial charge in [-0.1, -0.05) is 18.2 Å². The van der Waals surface area contributed by atoms with Crippen molar-refractivity contribution in [3.05, 3.63) is 64.5 Å².